The molecule has 2 aliphatic rings. The Hall–Kier alpha value is -3.51. The van der Waals surface area contributed by atoms with Gasteiger partial charge in [-0.2, -0.15) is 10.2 Å². The Labute approximate surface area is 199 Å². The summed E-state index contributed by atoms with van der Waals surface area (Å²) < 4.78 is 1.71. The third-order valence-corrected chi connectivity index (χ3v) is 7.50. The Kier molecular flexibility index (Phi) is 5.92. The molecule has 9 heteroatoms. The lowest BCUT2D eigenvalue weighted by atomic mass is 9.69. The van der Waals surface area contributed by atoms with Gasteiger partial charge < -0.3 is 15.1 Å². The summed E-state index contributed by atoms with van der Waals surface area (Å²) in [5.74, 6) is 1.96. The zero-order chi connectivity index (χ0) is 23.8. The highest BCUT2D eigenvalue weighted by Crippen LogP contribution is 2.45. The number of piperazine rings is 1. The van der Waals surface area contributed by atoms with Crippen LogP contribution in [-0.2, 0) is 0 Å². The summed E-state index contributed by atoms with van der Waals surface area (Å²) in [5, 5.41) is 13.3. The summed E-state index contributed by atoms with van der Waals surface area (Å²) in [6, 6.07) is 7.64. The van der Waals surface area contributed by atoms with Crippen LogP contribution in [-0.4, -0.2) is 57.6 Å². The number of nitrogens with one attached hydrogen (secondary N) is 1. The molecule has 5 rings (SSSR count). The number of aromatic nitrogens is 4. The molecule has 1 saturated heterocycles. The van der Waals surface area contributed by atoms with Crippen LogP contribution in [0.4, 0.5) is 17.5 Å². The second-order valence-electron chi connectivity index (χ2n) is 9.46. The van der Waals surface area contributed by atoms with Crippen LogP contribution in [0.1, 0.15) is 38.3 Å². The molecule has 1 N–H and O–H groups in total. The van der Waals surface area contributed by atoms with Gasteiger partial charge in [0.05, 0.1) is 11.9 Å². The molecule has 1 aliphatic carbocycles. The van der Waals surface area contributed by atoms with E-state index in [4.69, 9.17) is 4.98 Å². The van der Waals surface area contributed by atoms with Crippen molar-refractivity contribution < 1.29 is 0 Å². The summed E-state index contributed by atoms with van der Waals surface area (Å²) in [6.07, 6.45) is 5.54. The number of hydrogen-bond acceptors (Lipinski definition) is 8. The minimum Gasteiger partial charge on any atom is -0.368 e. The van der Waals surface area contributed by atoms with E-state index in [-0.39, 0.29) is 17.2 Å². The molecule has 4 heterocycles. The summed E-state index contributed by atoms with van der Waals surface area (Å²) in [6.45, 7) is 8.40. The highest BCUT2D eigenvalue weighted by Gasteiger charge is 2.39. The van der Waals surface area contributed by atoms with Gasteiger partial charge in [-0.1, -0.05) is 20.3 Å². The van der Waals surface area contributed by atoms with Crippen LogP contribution in [0, 0.1) is 23.2 Å². The maximum atomic E-state index is 13.1. The number of likely N-dealkylation sites (N-methyl/N-ethyl adjacent to an activating group) is 1. The number of pyridine rings is 2. The molecule has 1 saturated carbocycles. The van der Waals surface area contributed by atoms with Crippen LogP contribution < -0.4 is 15.8 Å². The minimum absolute atomic E-state index is 0.0389. The molecule has 0 bridgehead atoms. The van der Waals surface area contributed by atoms with Crippen molar-refractivity contribution in [2.75, 3.05) is 43.4 Å². The Morgan fingerprint density at radius 1 is 1.18 bits per heavy atom. The first-order chi connectivity index (χ1) is 16.5. The lowest BCUT2D eigenvalue weighted by Crippen LogP contribution is -2.44. The number of nitrogens with zero attached hydrogens (tertiary/aromatic N) is 7. The van der Waals surface area contributed by atoms with Gasteiger partial charge in [-0.15, -0.1) is 0 Å². The van der Waals surface area contributed by atoms with E-state index in [1.807, 2.05) is 18.3 Å². The molecular weight excluding hydrogens is 428 g/mol. The van der Waals surface area contributed by atoms with Gasteiger partial charge >= 0.3 is 0 Å². The monoisotopic (exact) mass is 458 g/mol. The molecule has 176 valence electrons. The smallest absolute Gasteiger partial charge is 0.270 e. The second kappa shape index (κ2) is 9.03. The van der Waals surface area contributed by atoms with E-state index in [0.29, 0.717) is 34.6 Å². The summed E-state index contributed by atoms with van der Waals surface area (Å²) in [7, 11) is 2.14. The molecule has 3 aromatic rings. The number of nitriles is 1. The fourth-order valence-corrected chi connectivity index (χ4v) is 5.13. The third-order valence-electron chi connectivity index (χ3n) is 7.50. The topological polar surface area (TPSA) is 103 Å². The predicted octanol–water partition coefficient (Wildman–Crippen LogP) is 3.16. The van der Waals surface area contributed by atoms with E-state index < -0.39 is 0 Å². The van der Waals surface area contributed by atoms with Crippen molar-refractivity contribution in [1.29, 1.82) is 5.26 Å². The molecule has 3 atom stereocenters. The number of hydrogen-bond donors (Lipinski definition) is 1. The van der Waals surface area contributed by atoms with Gasteiger partial charge in [0.2, 0.25) is 5.95 Å². The Morgan fingerprint density at radius 2 is 1.97 bits per heavy atom. The van der Waals surface area contributed by atoms with Gasteiger partial charge in [0, 0.05) is 43.8 Å². The maximum Gasteiger partial charge on any atom is 0.270 e. The van der Waals surface area contributed by atoms with Crippen LogP contribution >= 0.6 is 0 Å². The van der Waals surface area contributed by atoms with Crippen molar-refractivity contribution in [3.8, 4) is 6.07 Å². The van der Waals surface area contributed by atoms with Gasteiger partial charge in [0.25, 0.3) is 5.56 Å². The lowest BCUT2D eigenvalue weighted by molar-refractivity contribution is 0.0929. The highest BCUT2D eigenvalue weighted by molar-refractivity contribution is 5.77. The number of rotatable bonds is 5. The molecule has 2 unspecified atom stereocenters. The van der Waals surface area contributed by atoms with Gasteiger partial charge in [0.1, 0.15) is 23.1 Å². The molecule has 0 radical (unpaired) electrons. The molecule has 1 aliphatic heterocycles. The van der Waals surface area contributed by atoms with Crippen LogP contribution in [0.5, 0.6) is 0 Å². The maximum absolute atomic E-state index is 13.1. The fraction of sp³-hybridized carbons (Fsp3) is 0.480. The van der Waals surface area contributed by atoms with E-state index in [0.717, 1.165) is 44.7 Å². The van der Waals surface area contributed by atoms with Crippen LogP contribution in [0.3, 0.4) is 0 Å². The zero-order valence-electron chi connectivity index (χ0n) is 19.9. The Bertz CT molecular complexity index is 1290. The summed E-state index contributed by atoms with van der Waals surface area (Å²) in [5.41, 5.74) is 1.51. The molecule has 9 nitrogen and oxygen atoms in total. The SMILES string of the molecule is CCC1CC(n2c(=O)c(C#N)cc3cnc(Nc4ccc(N5CCN(C)CC5)cn4)nc32)[C@H]1C. The van der Waals surface area contributed by atoms with E-state index in [1.165, 1.54) is 0 Å². The van der Waals surface area contributed by atoms with Crippen molar-refractivity contribution in [2.24, 2.45) is 11.8 Å². The van der Waals surface area contributed by atoms with Gasteiger partial charge in [-0.25, -0.2) is 9.97 Å². The Morgan fingerprint density at radius 3 is 2.62 bits per heavy atom. The van der Waals surface area contributed by atoms with E-state index >= 15 is 0 Å². The van der Waals surface area contributed by atoms with Crippen molar-refractivity contribution >= 4 is 28.5 Å². The van der Waals surface area contributed by atoms with E-state index in [1.54, 1.807) is 16.8 Å². The molecule has 0 aromatic carbocycles. The molecule has 0 spiro atoms. The molecular formula is C25H30N8O. The average molecular weight is 459 g/mol. The van der Waals surface area contributed by atoms with Crippen molar-refractivity contribution in [3.05, 3.63) is 46.5 Å². The molecule has 0 amide bonds. The first-order valence-electron chi connectivity index (χ1n) is 12.0. The van der Waals surface area contributed by atoms with Crippen LogP contribution in [0.25, 0.3) is 11.0 Å². The first-order valence-corrected chi connectivity index (χ1v) is 12.0. The van der Waals surface area contributed by atoms with E-state index in [2.05, 4.69) is 52.0 Å². The molecule has 34 heavy (non-hydrogen) atoms. The van der Waals surface area contributed by atoms with Crippen LogP contribution in [0.2, 0.25) is 0 Å². The molecule has 2 fully saturated rings. The predicted molar refractivity (Wildman–Crippen MR) is 132 cm³/mol. The number of anilines is 3. The quantitative estimate of drug-likeness (QED) is 0.622. The lowest BCUT2D eigenvalue weighted by Gasteiger charge is -2.43. The second-order valence-corrected chi connectivity index (χ2v) is 9.46. The minimum atomic E-state index is -0.277. The average Bonchev–Trinajstić information content (AvgIpc) is 2.85. The van der Waals surface area contributed by atoms with Crippen molar-refractivity contribution in [3.63, 3.8) is 0 Å². The normalized spacial score (nSPS) is 22.9. The summed E-state index contributed by atoms with van der Waals surface area (Å²) in [4.78, 5) is 31.4. The first kappa shape index (κ1) is 22.3. The third kappa shape index (κ3) is 3.99. The van der Waals surface area contributed by atoms with Gasteiger partial charge in [-0.05, 0) is 43.5 Å². The fourth-order valence-electron chi connectivity index (χ4n) is 5.13. The van der Waals surface area contributed by atoms with E-state index in [9.17, 15) is 10.1 Å². The zero-order valence-corrected chi connectivity index (χ0v) is 19.9. The Balaban J connectivity index is 1.43. The molecule has 3 aromatic heterocycles. The summed E-state index contributed by atoms with van der Waals surface area (Å²) >= 11 is 0. The van der Waals surface area contributed by atoms with Crippen molar-refractivity contribution in [2.45, 2.75) is 32.7 Å². The van der Waals surface area contributed by atoms with Crippen molar-refractivity contribution in [1.82, 2.24) is 24.4 Å². The highest BCUT2D eigenvalue weighted by atomic mass is 16.1. The van der Waals surface area contributed by atoms with Crippen LogP contribution in [0.15, 0.2) is 35.4 Å². The number of fused-ring (bicyclic) bond motifs is 1. The largest absolute Gasteiger partial charge is 0.368 e. The van der Waals surface area contributed by atoms with Gasteiger partial charge in [0.15, 0.2) is 0 Å². The standard InChI is InChI=1S/C25H30N8O/c1-4-17-12-21(16(17)2)33-23-19(11-18(13-26)24(33)34)14-28-25(30-23)29-22-6-5-20(15-27-22)32-9-7-31(3)8-10-32/h5-6,11,14-17,21H,4,7-10,12H2,1-3H3,(H,27,28,29,30)/t16-,17?,21?/m0/s1. The van der Waals surface area contributed by atoms with Gasteiger partial charge in [-0.3, -0.25) is 9.36 Å².